The molecular weight excluding hydrogens is 649 g/mol. The molecule has 6 rings (SSSR count). The molecule has 45 heavy (non-hydrogen) atoms. The summed E-state index contributed by atoms with van der Waals surface area (Å²) in [6, 6.07) is 9.72. The van der Waals surface area contributed by atoms with Gasteiger partial charge in [-0.3, -0.25) is 9.08 Å². The van der Waals surface area contributed by atoms with Gasteiger partial charge in [-0.2, -0.15) is 14.4 Å². The third-order valence-electron chi connectivity index (χ3n) is 6.72. The molecule has 5 aromatic rings. The van der Waals surface area contributed by atoms with E-state index in [0.717, 1.165) is 6.42 Å². The van der Waals surface area contributed by atoms with E-state index in [-0.39, 0.29) is 76.7 Å². The fourth-order valence-electron chi connectivity index (χ4n) is 4.81. The fraction of sp³-hybridized carbons (Fsp3) is 0.280. The number of imidazole rings is 1. The van der Waals surface area contributed by atoms with Crippen molar-refractivity contribution in [3.63, 3.8) is 0 Å². The smallest absolute Gasteiger partial charge is 0.467 e. The number of aryl methyl sites for hydroxylation is 1. The van der Waals surface area contributed by atoms with E-state index in [4.69, 9.17) is 23.9 Å². The van der Waals surface area contributed by atoms with Gasteiger partial charge < -0.3 is 24.3 Å². The number of anilines is 1. The van der Waals surface area contributed by atoms with Crippen molar-refractivity contribution >= 4 is 88.8 Å². The Morgan fingerprint density at radius 1 is 1.16 bits per heavy atom. The second-order valence-electron chi connectivity index (χ2n) is 9.71. The minimum Gasteiger partial charge on any atom is -0.467 e. The molecule has 4 aromatic heterocycles. The van der Waals surface area contributed by atoms with E-state index in [0.29, 0.717) is 53.2 Å². The standard InChI is InChI=1S/C25H27N8O8PS.2Na/c1-31-11-8-21(30-31)43(37,38)32-10-3-5-18(15-32)27-24-26-9-7-20(28-24)23-22(29-25-33(23)12-13-39-25)17-4-2-6-19(14-17)40-16-41-42(34,35)36;;/h2,4,6-9,11-14,18H,3,5,10,15-16H2,1H3,(H,26,27,28)(H2,34,35,36);;/t18-;;/m1../s1. The van der Waals surface area contributed by atoms with E-state index in [1.54, 1.807) is 60.4 Å². The van der Waals surface area contributed by atoms with Crippen molar-refractivity contribution in [2.45, 2.75) is 23.9 Å². The van der Waals surface area contributed by atoms with Crippen molar-refractivity contribution in [2.24, 2.45) is 7.05 Å². The Morgan fingerprint density at radius 3 is 2.73 bits per heavy atom. The van der Waals surface area contributed by atoms with Gasteiger partial charge >= 0.3 is 13.7 Å². The van der Waals surface area contributed by atoms with Crippen LogP contribution in [0.5, 0.6) is 5.75 Å². The summed E-state index contributed by atoms with van der Waals surface area (Å²) in [6.07, 6.45) is 7.77. The van der Waals surface area contributed by atoms with Crippen LogP contribution in [0.3, 0.4) is 0 Å². The van der Waals surface area contributed by atoms with E-state index in [2.05, 4.69) is 24.9 Å². The van der Waals surface area contributed by atoms with E-state index < -0.39 is 24.6 Å². The molecule has 1 aromatic carbocycles. The van der Waals surface area contributed by atoms with E-state index in [1.807, 2.05) is 0 Å². The van der Waals surface area contributed by atoms with Crippen LogP contribution in [-0.4, -0.2) is 137 Å². The van der Waals surface area contributed by atoms with Crippen molar-refractivity contribution in [2.75, 3.05) is 25.2 Å². The number of phosphoric ester groups is 1. The maximum absolute atomic E-state index is 13.1. The topological polar surface area (TPSA) is 199 Å². The average molecular weight is 677 g/mol. The molecule has 0 aliphatic carbocycles. The first kappa shape index (κ1) is 35.7. The second kappa shape index (κ2) is 14.8. The van der Waals surface area contributed by atoms with Crippen molar-refractivity contribution in [3.05, 3.63) is 61.3 Å². The Labute approximate surface area is 302 Å². The molecule has 1 aliphatic heterocycles. The van der Waals surface area contributed by atoms with Gasteiger partial charge in [-0.25, -0.2) is 27.5 Å². The number of nitrogens with one attached hydrogen (secondary N) is 1. The van der Waals surface area contributed by atoms with Crippen LogP contribution in [0.2, 0.25) is 0 Å². The van der Waals surface area contributed by atoms with Gasteiger partial charge in [0.1, 0.15) is 23.4 Å². The maximum atomic E-state index is 13.1. The van der Waals surface area contributed by atoms with Crippen LogP contribution in [0.4, 0.5) is 5.95 Å². The van der Waals surface area contributed by atoms with Gasteiger partial charge in [-0.05, 0) is 37.1 Å². The molecule has 1 aliphatic rings. The van der Waals surface area contributed by atoms with Gasteiger partial charge in [-0.15, -0.1) is 0 Å². The number of rotatable bonds is 10. The molecule has 1 fully saturated rings. The van der Waals surface area contributed by atoms with Crippen LogP contribution in [0, 0.1) is 0 Å². The molecule has 20 heteroatoms. The molecule has 3 N–H and O–H groups in total. The quantitative estimate of drug-likeness (QED) is 0.110. The number of piperidine rings is 1. The molecule has 16 nitrogen and oxygen atoms in total. The Balaban J connectivity index is 0.00000230. The van der Waals surface area contributed by atoms with Gasteiger partial charge in [0.15, 0.2) is 11.8 Å². The third kappa shape index (κ3) is 8.25. The van der Waals surface area contributed by atoms with Crippen LogP contribution < -0.4 is 10.1 Å². The normalized spacial score (nSPS) is 15.8. The summed E-state index contributed by atoms with van der Waals surface area (Å²) in [4.78, 5) is 31.5. The Bertz CT molecular complexity index is 1930. The maximum Gasteiger partial charge on any atom is 0.472 e. The number of fused-ring (bicyclic) bond motifs is 1. The number of nitrogens with zero attached hydrogens (tertiary/aromatic N) is 7. The minimum absolute atomic E-state index is 0. The third-order valence-corrected chi connectivity index (χ3v) is 8.92. The first-order valence-corrected chi connectivity index (χ1v) is 16.0. The van der Waals surface area contributed by atoms with Crippen molar-refractivity contribution < 1.29 is 36.4 Å². The summed E-state index contributed by atoms with van der Waals surface area (Å²) in [5, 5.41) is 7.36. The van der Waals surface area contributed by atoms with Crippen LogP contribution in [0.1, 0.15) is 12.8 Å². The van der Waals surface area contributed by atoms with Gasteiger partial charge in [0.25, 0.3) is 10.0 Å². The van der Waals surface area contributed by atoms with Crippen LogP contribution in [-0.2, 0) is 26.2 Å². The van der Waals surface area contributed by atoms with Gasteiger partial charge in [0, 0.05) is 109 Å². The Morgan fingerprint density at radius 2 is 1.98 bits per heavy atom. The fourth-order valence-corrected chi connectivity index (χ4v) is 6.48. The van der Waals surface area contributed by atoms with Crippen molar-refractivity contribution in [1.82, 2.24) is 33.4 Å². The minimum atomic E-state index is -4.68. The zero-order valence-electron chi connectivity index (χ0n) is 24.7. The number of ether oxygens (including phenoxy) is 1. The van der Waals surface area contributed by atoms with E-state index >= 15 is 0 Å². The molecule has 0 saturated carbocycles. The molecule has 228 valence electrons. The predicted octanol–water partition coefficient (Wildman–Crippen LogP) is 1.73. The first-order chi connectivity index (χ1) is 20.6. The molecular formula is C25H27N8Na2O8PS. The summed E-state index contributed by atoms with van der Waals surface area (Å²) in [5.41, 5.74) is 2.25. The van der Waals surface area contributed by atoms with E-state index in [9.17, 15) is 13.0 Å². The number of hydrogen-bond donors (Lipinski definition) is 3. The summed E-state index contributed by atoms with van der Waals surface area (Å²) < 4.78 is 57.1. The van der Waals surface area contributed by atoms with Crippen molar-refractivity contribution in [1.29, 1.82) is 0 Å². The summed E-state index contributed by atoms with van der Waals surface area (Å²) >= 11 is 0. The van der Waals surface area contributed by atoms with E-state index in [1.165, 1.54) is 21.3 Å². The zero-order valence-corrected chi connectivity index (χ0v) is 30.4. The molecule has 1 atom stereocenters. The predicted molar refractivity (Wildman–Crippen MR) is 163 cm³/mol. The van der Waals surface area contributed by atoms with Crippen LogP contribution in [0.15, 0.2) is 70.7 Å². The average Bonchev–Trinajstić information content (AvgIpc) is 3.69. The number of benzene rings is 1. The van der Waals surface area contributed by atoms with Gasteiger partial charge in [0.05, 0.1) is 5.69 Å². The number of sulfonamides is 1. The molecule has 0 unspecified atom stereocenters. The number of phosphoric acid groups is 1. The van der Waals surface area contributed by atoms with Crippen LogP contribution >= 0.6 is 7.82 Å². The molecule has 0 bridgehead atoms. The second-order valence-corrected chi connectivity index (χ2v) is 12.8. The molecule has 0 spiro atoms. The summed E-state index contributed by atoms with van der Waals surface area (Å²) in [5.74, 6) is 0.932. The first-order valence-electron chi connectivity index (χ1n) is 13.1. The molecule has 1 saturated heterocycles. The summed E-state index contributed by atoms with van der Waals surface area (Å²) in [7, 11) is -6.75. The number of aromatic nitrogens is 6. The Kier molecular flexibility index (Phi) is 11.7. The molecule has 2 radical (unpaired) electrons. The Hall–Kier alpha value is -2.12. The molecule has 0 amide bonds. The van der Waals surface area contributed by atoms with Gasteiger partial charge in [0.2, 0.25) is 5.95 Å². The van der Waals surface area contributed by atoms with Crippen molar-refractivity contribution in [3.8, 4) is 28.4 Å². The zero-order chi connectivity index (χ0) is 30.2. The molecule has 5 heterocycles. The SMILES string of the molecule is Cn1ccc(S(=O)(=O)N2CCC[C@@H](Nc3nccc(-c4c(-c5cccc(OCOP(=O)(O)O)c5)nc5occn45)n3)C2)n1.[Na].[Na]. The summed E-state index contributed by atoms with van der Waals surface area (Å²) in [6.45, 7) is -0.0202. The van der Waals surface area contributed by atoms with Crippen LogP contribution in [0.25, 0.3) is 28.5 Å². The number of hydrogen-bond acceptors (Lipinski definition) is 11. The van der Waals surface area contributed by atoms with Gasteiger partial charge in [-0.1, -0.05) is 12.1 Å². The largest absolute Gasteiger partial charge is 0.472 e. The number of oxazole rings is 1. The monoisotopic (exact) mass is 676 g/mol.